The van der Waals surface area contributed by atoms with Gasteiger partial charge in [-0.3, -0.25) is 14.8 Å². The Morgan fingerprint density at radius 2 is 2.14 bits per heavy atom. The lowest BCUT2D eigenvalue weighted by Gasteiger charge is -2.37. The van der Waals surface area contributed by atoms with Gasteiger partial charge in [0.1, 0.15) is 0 Å². The Morgan fingerprint density at radius 1 is 1.32 bits per heavy atom. The maximum Gasteiger partial charge on any atom is 0.409 e. The maximum absolute atomic E-state index is 11.9. The average Bonchev–Trinajstić information content (AvgIpc) is 3.23. The molecule has 7 nitrogen and oxygen atoms in total. The molecule has 4 heterocycles. The molecule has 0 aromatic carbocycles. The summed E-state index contributed by atoms with van der Waals surface area (Å²) in [5, 5.41) is 10.3. The van der Waals surface area contributed by atoms with E-state index in [1.807, 2.05) is 30.3 Å². The van der Waals surface area contributed by atoms with E-state index >= 15 is 0 Å². The van der Waals surface area contributed by atoms with E-state index in [-0.39, 0.29) is 18.1 Å². The summed E-state index contributed by atoms with van der Waals surface area (Å²) < 4.78 is 5.13. The number of rotatable bonds is 5. The third kappa shape index (κ3) is 3.88. The second-order valence-corrected chi connectivity index (χ2v) is 8.59. The summed E-state index contributed by atoms with van der Waals surface area (Å²) in [6, 6.07) is 4.61. The van der Waals surface area contributed by atoms with Gasteiger partial charge in [0, 0.05) is 69.7 Å². The lowest BCUT2D eigenvalue weighted by atomic mass is 9.82. The number of piperidine rings is 1. The number of pyridine rings is 1. The van der Waals surface area contributed by atoms with Gasteiger partial charge >= 0.3 is 6.09 Å². The van der Waals surface area contributed by atoms with Crippen LogP contribution in [0.5, 0.6) is 0 Å². The third-order valence-corrected chi connectivity index (χ3v) is 6.81. The monoisotopic (exact) mass is 388 g/mol. The van der Waals surface area contributed by atoms with E-state index in [2.05, 4.69) is 20.9 Å². The lowest BCUT2D eigenvalue weighted by Crippen LogP contribution is -2.47. The van der Waals surface area contributed by atoms with Crippen molar-refractivity contribution in [2.45, 2.75) is 32.4 Å². The number of aliphatic hydroxyl groups excluding tert-OH is 1. The van der Waals surface area contributed by atoms with Crippen LogP contribution in [-0.4, -0.2) is 89.4 Å². The van der Waals surface area contributed by atoms with E-state index in [0.717, 1.165) is 58.7 Å². The first-order valence-electron chi connectivity index (χ1n) is 10.5. The molecule has 28 heavy (non-hydrogen) atoms. The van der Waals surface area contributed by atoms with Crippen LogP contribution in [0.4, 0.5) is 4.79 Å². The van der Waals surface area contributed by atoms with Crippen LogP contribution in [0.15, 0.2) is 24.5 Å². The number of aromatic nitrogens is 1. The summed E-state index contributed by atoms with van der Waals surface area (Å²) in [6.45, 7) is 8.96. The molecule has 0 bridgehead atoms. The average molecular weight is 389 g/mol. The zero-order chi connectivity index (χ0) is 19.6. The van der Waals surface area contributed by atoms with Crippen molar-refractivity contribution in [2.75, 3.05) is 52.5 Å². The molecule has 3 fully saturated rings. The molecule has 0 radical (unpaired) electrons. The molecule has 2 atom stereocenters. The van der Waals surface area contributed by atoms with Gasteiger partial charge in [-0.25, -0.2) is 4.79 Å². The zero-order valence-corrected chi connectivity index (χ0v) is 16.8. The Balaban J connectivity index is 1.32. The summed E-state index contributed by atoms with van der Waals surface area (Å²) in [7, 11) is 0. The van der Waals surface area contributed by atoms with Crippen molar-refractivity contribution in [2.24, 2.45) is 11.3 Å². The molecule has 3 aliphatic rings. The third-order valence-electron chi connectivity index (χ3n) is 6.81. The number of hydrogen-bond acceptors (Lipinski definition) is 6. The molecule has 7 heteroatoms. The van der Waals surface area contributed by atoms with Gasteiger partial charge in [-0.1, -0.05) is 6.07 Å². The minimum atomic E-state index is -0.183. The minimum Gasteiger partial charge on any atom is -0.450 e. The first-order valence-corrected chi connectivity index (χ1v) is 10.5. The smallest absolute Gasteiger partial charge is 0.409 e. The number of ether oxygens (including phenoxy) is 1. The van der Waals surface area contributed by atoms with Crippen LogP contribution in [0.2, 0.25) is 0 Å². The lowest BCUT2D eigenvalue weighted by molar-refractivity contribution is 0.0682. The van der Waals surface area contributed by atoms with Crippen LogP contribution >= 0.6 is 0 Å². The second kappa shape index (κ2) is 8.35. The predicted molar refractivity (Wildman–Crippen MR) is 106 cm³/mol. The van der Waals surface area contributed by atoms with Crippen LogP contribution < -0.4 is 0 Å². The largest absolute Gasteiger partial charge is 0.450 e. The van der Waals surface area contributed by atoms with E-state index in [0.29, 0.717) is 18.6 Å². The number of aliphatic hydroxyl groups is 1. The van der Waals surface area contributed by atoms with Crippen molar-refractivity contribution in [1.29, 1.82) is 0 Å². The van der Waals surface area contributed by atoms with Gasteiger partial charge in [-0.2, -0.15) is 0 Å². The van der Waals surface area contributed by atoms with E-state index in [9.17, 15) is 9.90 Å². The number of fused-ring (bicyclic) bond motifs is 1. The van der Waals surface area contributed by atoms with Crippen LogP contribution in [0.25, 0.3) is 0 Å². The molecule has 1 aromatic heterocycles. The van der Waals surface area contributed by atoms with Crippen molar-refractivity contribution in [3.63, 3.8) is 0 Å². The quantitative estimate of drug-likeness (QED) is 0.823. The van der Waals surface area contributed by atoms with Gasteiger partial charge < -0.3 is 14.7 Å². The second-order valence-electron chi connectivity index (χ2n) is 8.59. The van der Waals surface area contributed by atoms with Crippen molar-refractivity contribution in [3.8, 4) is 0 Å². The van der Waals surface area contributed by atoms with Gasteiger partial charge in [0.2, 0.25) is 0 Å². The first-order chi connectivity index (χ1) is 13.6. The molecule has 4 rings (SSSR count). The van der Waals surface area contributed by atoms with Crippen LogP contribution in [0, 0.1) is 11.3 Å². The molecule has 3 aliphatic heterocycles. The number of nitrogens with zero attached hydrogens (tertiary/aromatic N) is 4. The molecule has 154 valence electrons. The molecule has 1 N–H and O–H groups in total. The van der Waals surface area contributed by atoms with Gasteiger partial charge in [0.25, 0.3) is 0 Å². The highest BCUT2D eigenvalue weighted by atomic mass is 16.6. The Labute approximate surface area is 167 Å². The summed E-state index contributed by atoms with van der Waals surface area (Å²) >= 11 is 0. The number of likely N-dealkylation sites (tertiary alicyclic amines) is 3. The topological polar surface area (TPSA) is 69.1 Å². The highest BCUT2D eigenvalue weighted by molar-refractivity contribution is 5.67. The van der Waals surface area contributed by atoms with Crippen LogP contribution in [0.1, 0.15) is 25.3 Å². The fourth-order valence-corrected chi connectivity index (χ4v) is 5.33. The molecule has 1 aromatic rings. The Kier molecular flexibility index (Phi) is 5.85. The van der Waals surface area contributed by atoms with Crippen molar-refractivity contribution in [3.05, 3.63) is 30.1 Å². The van der Waals surface area contributed by atoms with E-state index in [1.54, 1.807) is 0 Å². The maximum atomic E-state index is 11.9. The predicted octanol–water partition coefficient (Wildman–Crippen LogP) is 1.43. The fraction of sp³-hybridized carbons (Fsp3) is 0.714. The van der Waals surface area contributed by atoms with Crippen LogP contribution in [-0.2, 0) is 11.3 Å². The molecular weight excluding hydrogens is 356 g/mol. The van der Waals surface area contributed by atoms with Gasteiger partial charge in [-0.15, -0.1) is 0 Å². The highest BCUT2D eigenvalue weighted by Crippen LogP contribution is 2.44. The van der Waals surface area contributed by atoms with Gasteiger partial charge in [0.05, 0.1) is 13.2 Å². The Hall–Kier alpha value is -1.70. The molecule has 2 unspecified atom stereocenters. The van der Waals surface area contributed by atoms with Gasteiger partial charge in [0.15, 0.2) is 0 Å². The molecule has 0 aliphatic carbocycles. The van der Waals surface area contributed by atoms with Crippen molar-refractivity contribution >= 4 is 6.09 Å². The molecule has 0 spiro atoms. The number of carbonyl (C=O) groups excluding carboxylic acids is 1. The van der Waals surface area contributed by atoms with Crippen molar-refractivity contribution in [1.82, 2.24) is 19.7 Å². The summed E-state index contributed by atoms with van der Waals surface area (Å²) in [4.78, 5) is 23.0. The van der Waals surface area contributed by atoms with Crippen molar-refractivity contribution < 1.29 is 14.6 Å². The minimum absolute atomic E-state index is 0.0134. The molecule has 3 saturated heterocycles. The normalized spacial score (nSPS) is 29.2. The standard InChI is InChI=1S/C21H32N4O3/c1-2-28-20(27)24-8-5-19(6-9-24)25-13-18-12-23(14-21(18,15-25)16-26)11-17-4-3-7-22-10-17/h3-4,7,10,18-19,26H,2,5-6,8-9,11-16H2,1H3. The van der Waals surface area contributed by atoms with Crippen LogP contribution in [0.3, 0.4) is 0 Å². The molecule has 1 amide bonds. The number of hydrogen-bond donors (Lipinski definition) is 1. The van der Waals surface area contributed by atoms with E-state index in [1.165, 1.54) is 5.56 Å². The van der Waals surface area contributed by atoms with Gasteiger partial charge in [-0.05, 0) is 37.3 Å². The Morgan fingerprint density at radius 3 is 2.79 bits per heavy atom. The Bertz CT molecular complexity index is 665. The summed E-state index contributed by atoms with van der Waals surface area (Å²) in [6.07, 6.45) is 5.54. The fourth-order valence-electron chi connectivity index (χ4n) is 5.33. The summed E-state index contributed by atoms with van der Waals surface area (Å²) in [5.41, 5.74) is 1.22. The SMILES string of the molecule is CCOC(=O)N1CCC(N2CC3CN(Cc4cccnc4)CC3(CO)C2)CC1. The highest BCUT2D eigenvalue weighted by Gasteiger charge is 2.53. The zero-order valence-electron chi connectivity index (χ0n) is 16.8. The molecule has 0 saturated carbocycles. The number of amides is 1. The number of carbonyl (C=O) groups is 1. The summed E-state index contributed by atoms with van der Waals surface area (Å²) in [5.74, 6) is 0.511. The first kappa shape index (κ1) is 19.6. The van der Waals surface area contributed by atoms with E-state index in [4.69, 9.17) is 4.74 Å². The molecular formula is C21H32N4O3. The van der Waals surface area contributed by atoms with E-state index < -0.39 is 0 Å².